The van der Waals surface area contributed by atoms with Gasteiger partial charge in [-0.25, -0.2) is 9.59 Å². The summed E-state index contributed by atoms with van der Waals surface area (Å²) in [4.78, 5) is 40.1. The second-order valence-electron chi connectivity index (χ2n) is 5.94. The van der Waals surface area contributed by atoms with Crippen molar-refractivity contribution in [3.8, 4) is 0 Å². The molecule has 25 heavy (non-hydrogen) atoms. The number of amides is 1. The van der Waals surface area contributed by atoms with E-state index in [1.54, 1.807) is 45.0 Å². The first-order valence-corrected chi connectivity index (χ1v) is 7.88. The van der Waals surface area contributed by atoms with E-state index < -0.39 is 29.6 Å². The highest BCUT2D eigenvalue weighted by atomic mass is 16.5. The molecule has 0 aliphatic heterocycles. The molecule has 0 fully saturated rings. The number of anilines is 1. The summed E-state index contributed by atoms with van der Waals surface area (Å²) in [5, 5.41) is 5.71. The fourth-order valence-electron chi connectivity index (χ4n) is 2.23. The number of fused-ring (bicyclic) bond motifs is 1. The Kier molecular flexibility index (Phi) is 5.74. The van der Waals surface area contributed by atoms with Gasteiger partial charge in [0.05, 0.1) is 18.0 Å². The van der Waals surface area contributed by atoms with Crippen LogP contribution in [0.5, 0.6) is 0 Å². The third-order valence-corrected chi connectivity index (χ3v) is 3.69. The number of hydrogen-bond donors (Lipinski definition) is 2. The van der Waals surface area contributed by atoms with Crippen molar-refractivity contribution in [1.82, 2.24) is 10.3 Å². The van der Waals surface area contributed by atoms with Crippen molar-refractivity contribution in [3.05, 3.63) is 34.7 Å². The number of nitrogens with zero attached hydrogens (tertiary/aromatic N) is 1. The van der Waals surface area contributed by atoms with Gasteiger partial charge in [-0.3, -0.25) is 4.79 Å². The summed E-state index contributed by atoms with van der Waals surface area (Å²) >= 11 is 0. The summed E-state index contributed by atoms with van der Waals surface area (Å²) in [6.45, 7) is 5.16. The average Bonchev–Trinajstić information content (AvgIpc) is 2.58. The molecule has 0 radical (unpaired) electrons. The average molecular weight is 347 g/mol. The van der Waals surface area contributed by atoms with Crippen molar-refractivity contribution in [3.63, 3.8) is 0 Å². The fraction of sp³-hybridized carbons (Fsp3) is 0.412. The summed E-state index contributed by atoms with van der Waals surface area (Å²) in [6.07, 6.45) is 0. The lowest BCUT2D eigenvalue weighted by molar-refractivity contribution is -0.146. The topological polar surface area (TPSA) is 111 Å². The van der Waals surface area contributed by atoms with E-state index in [0.717, 1.165) is 0 Å². The molecule has 8 nitrogen and oxygen atoms in total. The van der Waals surface area contributed by atoms with Crippen molar-refractivity contribution in [2.45, 2.75) is 32.9 Å². The van der Waals surface area contributed by atoms with E-state index in [-0.39, 0.29) is 11.9 Å². The predicted molar refractivity (Wildman–Crippen MR) is 92.1 cm³/mol. The number of aromatic nitrogens is 1. The van der Waals surface area contributed by atoms with Gasteiger partial charge in [0.2, 0.25) is 5.91 Å². The van der Waals surface area contributed by atoms with E-state index in [2.05, 4.69) is 15.6 Å². The standard InChI is InChI=1S/C17H21N3O5/c1-9(2)13(16(23)24-4)20-14(21)10(3)18-17-19-12-8-6-5-7-11(12)15(22)25-17/h5-10,13H,1-4H3,(H,18,19)(H,20,21)/t10-,13-/m0/s1. The van der Waals surface area contributed by atoms with Crippen LogP contribution in [0.4, 0.5) is 6.01 Å². The maximum atomic E-state index is 12.3. The zero-order chi connectivity index (χ0) is 18.6. The van der Waals surface area contributed by atoms with Crippen molar-refractivity contribution < 1.29 is 18.7 Å². The van der Waals surface area contributed by atoms with Crippen LogP contribution in [0.25, 0.3) is 10.9 Å². The lowest BCUT2D eigenvalue weighted by atomic mass is 10.0. The van der Waals surface area contributed by atoms with Crippen LogP contribution in [-0.2, 0) is 14.3 Å². The van der Waals surface area contributed by atoms with Gasteiger partial charge in [0.15, 0.2) is 0 Å². The van der Waals surface area contributed by atoms with Crippen LogP contribution >= 0.6 is 0 Å². The summed E-state index contributed by atoms with van der Waals surface area (Å²) in [6, 6.07) is 5.14. The van der Waals surface area contributed by atoms with Crippen LogP contribution in [0.15, 0.2) is 33.5 Å². The number of carbonyl (C=O) groups excluding carboxylic acids is 2. The number of esters is 1. The predicted octanol–water partition coefficient (Wildman–Crippen LogP) is 1.30. The Balaban J connectivity index is 2.13. The van der Waals surface area contributed by atoms with Crippen LogP contribution in [0.3, 0.4) is 0 Å². The third kappa shape index (κ3) is 4.34. The van der Waals surface area contributed by atoms with Crippen molar-refractivity contribution in [1.29, 1.82) is 0 Å². The summed E-state index contributed by atoms with van der Waals surface area (Å²) in [5.41, 5.74) is -0.0844. The number of rotatable bonds is 6. The Morgan fingerprint density at radius 2 is 1.88 bits per heavy atom. The second kappa shape index (κ2) is 7.78. The second-order valence-corrected chi connectivity index (χ2v) is 5.94. The number of nitrogens with one attached hydrogen (secondary N) is 2. The molecule has 0 aliphatic rings. The highest BCUT2D eigenvalue weighted by molar-refractivity contribution is 5.89. The van der Waals surface area contributed by atoms with Gasteiger partial charge in [0.1, 0.15) is 12.1 Å². The molecule has 0 saturated heterocycles. The van der Waals surface area contributed by atoms with Gasteiger partial charge in [-0.15, -0.1) is 0 Å². The van der Waals surface area contributed by atoms with E-state index >= 15 is 0 Å². The Labute approximate surface area is 144 Å². The molecule has 2 aromatic rings. The minimum Gasteiger partial charge on any atom is -0.467 e. The van der Waals surface area contributed by atoms with Gasteiger partial charge < -0.3 is 19.8 Å². The number of methoxy groups -OCH3 is 1. The molecule has 0 saturated carbocycles. The van der Waals surface area contributed by atoms with Crippen LogP contribution in [0.2, 0.25) is 0 Å². The lowest BCUT2D eigenvalue weighted by Crippen LogP contribution is -2.49. The first-order chi connectivity index (χ1) is 11.8. The first kappa shape index (κ1) is 18.4. The normalized spacial score (nSPS) is 13.3. The fourth-order valence-corrected chi connectivity index (χ4v) is 2.23. The van der Waals surface area contributed by atoms with Crippen molar-refractivity contribution in [2.75, 3.05) is 12.4 Å². The molecule has 1 heterocycles. The zero-order valence-electron chi connectivity index (χ0n) is 14.5. The SMILES string of the molecule is COC(=O)[C@@H](NC(=O)[C@H](C)Nc1nc2ccccc2c(=O)o1)C(C)C. The summed E-state index contributed by atoms with van der Waals surface area (Å²) in [7, 11) is 1.26. The summed E-state index contributed by atoms with van der Waals surface area (Å²) < 4.78 is 9.77. The smallest absolute Gasteiger partial charge is 0.348 e. The molecule has 1 aromatic carbocycles. The van der Waals surface area contributed by atoms with Crippen LogP contribution in [0.1, 0.15) is 20.8 Å². The molecule has 0 bridgehead atoms. The van der Waals surface area contributed by atoms with Crippen LogP contribution < -0.4 is 16.3 Å². The molecule has 0 aliphatic carbocycles. The van der Waals surface area contributed by atoms with Gasteiger partial charge in [0.25, 0.3) is 6.01 Å². The molecule has 2 N–H and O–H groups in total. The molecular formula is C17H21N3O5. The minimum absolute atomic E-state index is 0.0643. The largest absolute Gasteiger partial charge is 0.467 e. The van der Waals surface area contributed by atoms with Gasteiger partial charge in [-0.2, -0.15) is 4.98 Å². The third-order valence-electron chi connectivity index (χ3n) is 3.69. The molecule has 2 atom stereocenters. The molecular weight excluding hydrogens is 326 g/mol. The van der Waals surface area contributed by atoms with E-state index in [9.17, 15) is 14.4 Å². The Hall–Kier alpha value is -2.90. The number of benzene rings is 1. The van der Waals surface area contributed by atoms with Gasteiger partial charge in [0, 0.05) is 0 Å². The highest BCUT2D eigenvalue weighted by Crippen LogP contribution is 2.11. The Morgan fingerprint density at radius 3 is 2.52 bits per heavy atom. The molecule has 2 rings (SSSR count). The quantitative estimate of drug-likeness (QED) is 0.758. The minimum atomic E-state index is -0.775. The number of carbonyl (C=O) groups is 2. The lowest BCUT2D eigenvalue weighted by Gasteiger charge is -2.22. The Morgan fingerprint density at radius 1 is 1.20 bits per heavy atom. The van der Waals surface area contributed by atoms with Crippen molar-refractivity contribution in [2.24, 2.45) is 5.92 Å². The molecule has 1 aromatic heterocycles. The number of ether oxygens (including phenoxy) is 1. The molecule has 8 heteroatoms. The van der Waals surface area contributed by atoms with E-state index in [1.165, 1.54) is 7.11 Å². The molecule has 0 spiro atoms. The zero-order valence-corrected chi connectivity index (χ0v) is 14.5. The van der Waals surface area contributed by atoms with Gasteiger partial charge in [-0.1, -0.05) is 26.0 Å². The maximum absolute atomic E-state index is 12.3. The monoisotopic (exact) mass is 347 g/mol. The van der Waals surface area contributed by atoms with Crippen LogP contribution in [-0.4, -0.2) is 36.1 Å². The highest BCUT2D eigenvalue weighted by Gasteiger charge is 2.27. The maximum Gasteiger partial charge on any atom is 0.348 e. The Bertz CT molecular complexity index is 830. The molecule has 0 unspecified atom stereocenters. The van der Waals surface area contributed by atoms with Gasteiger partial charge >= 0.3 is 11.6 Å². The molecule has 134 valence electrons. The molecule has 1 amide bonds. The first-order valence-electron chi connectivity index (χ1n) is 7.88. The number of hydrogen-bond acceptors (Lipinski definition) is 7. The van der Waals surface area contributed by atoms with Crippen molar-refractivity contribution >= 4 is 28.8 Å². The van der Waals surface area contributed by atoms with Gasteiger partial charge in [-0.05, 0) is 25.0 Å². The van der Waals surface area contributed by atoms with Crippen LogP contribution in [0, 0.1) is 5.92 Å². The summed E-state index contributed by atoms with van der Waals surface area (Å²) in [5.74, 6) is -1.10. The van der Waals surface area contributed by atoms with E-state index in [4.69, 9.17) is 9.15 Å². The van der Waals surface area contributed by atoms with E-state index in [0.29, 0.717) is 10.9 Å². The number of para-hydroxylation sites is 1. The van der Waals surface area contributed by atoms with E-state index in [1.807, 2.05) is 0 Å².